The van der Waals surface area contributed by atoms with E-state index in [0.717, 1.165) is 13.1 Å². The summed E-state index contributed by atoms with van der Waals surface area (Å²) < 4.78 is 0. The first-order valence-corrected chi connectivity index (χ1v) is 7.47. The average Bonchev–Trinajstić information content (AvgIpc) is 2.01. The van der Waals surface area contributed by atoms with Gasteiger partial charge in [0.2, 0.25) is 9.12 Å². The lowest BCUT2D eigenvalue weighted by Gasteiger charge is -2.31. The van der Waals surface area contributed by atoms with Crippen LogP contribution < -0.4 is 15.3 Å². The van der Waals surface area contributed by atoms with E-state index in [1.807, 2.05) is 0 Å². The molecule has 0 saturated heterocycles. The zero-order valence-corrected chi connectivity index (χ0v) is 11.7. The van der Waals surface area contributed by atoms with E-state index in [9.17, 15) is 0 Å². The van der Waals surface area contributed by atoms with Crippen LogP contribution in [0.1, 0.15) is 41.5 Å². The Kier molecular flexibility index (Phi) is 6.60. The Labute approximate surface area is 90.8 Å². The monoisotopic (exact) mass is 217 g/mol. The Morgan fingerprint density at radius 1 is 1.07 bits per heavy atom. The van der Waals surface area contributed by atoms with Crippen LogP contribution in [0.4, 0.5) is 0 Å². The summed E-state index contributed by atoms with van der Waals surface area (Å²) in [6.45, 7) is 15.4. The van der Waals surface area contributed by atoms with Gasteiger partial charge in [0.15, 0.2) is 0 Å². The third kappa shape index (κ3) is 6.54. The first-order valence-electron chi connectivity index (χ1n) is 5.65. The summed E-state index contributed by atoms with van der Waals surface area (Å²) in [5.74, 6) is 0. The van der Waals surface area contributed by atoms with Crippen molar-refractivity contribution in [2.24, 2.45) is 0 Å². The van der Waals surface area contributed by atoms with Crippen LogP contribution in [0.15, 0.2) is 0 Å². The largest absolute Gasteiger partial charge is 0.327 e. The molecular weight excluding hydrogens is 190 g/mol. The second-order valence-corrected chi connectivity index (χ2v) is 7.55. The van der Waals surface area contributed by atoms with Gasteiger partial charge in [-0.05, 0) is 33.9 Å². The minimum atomic E-state index is -1.04. The van der Waals surface area contributed by atoms with Crippen LogP contribution in [0.5, 0.6) is 0 Å². The minimum absolute atomic E-state index is 0.204. The van der Waals surface area contributed by atoms with Crippen LogP contribution in [0.2, 0.25) is 0 Å². The van der Waals surface area contributed by atoms with E-state index in [1.165, 1.54) is 0 Å². The summed E-state index contributed by atoms with van der Waals surface area (Å²) in [6.07, 6.45) is 0. The van der Waals surface area contributed by atoms with Gasteiger partial charge in [-0.15, -0.1) is 0 Å². The van der Waals surface area contributed by atoms with Crippen LogP contribution in [0.25, 0.3) is 0 Å². The standard InChI is InChI=1S/C10H27N3Si/c1-7-11-14(12-8-2)9(3)13-10(4,5)6/h9,11-14H,7-8H2,1-6H3. The van der Waals surface area contributed by atoms with Gasteiger partial charge in [-0.2, -0.15) is 0 Å². The lowest BCUT2D eigenvalue weighted by Crippen LogP contribution is -2.62. The normalized spacial score (nSPS) is 14.8. The summed E-state index contributed by atoms with van der Waals surface area (Å²) >= 11 is 0. The van der Waals surface area contributed by atoms with Crippen molar-refractivity contribution in [3.05, 3.63) is 0 Å². The molecule has 4 heteroatoms. The molecule has 0 aromatic carbocycles. The van der Waals surface area contributed by atoms with Gasteiger partial charge in [0.05, 0.1) is 0 Å². The molecule has 1 unspecified atom stereocenters. The number of hydrogen-bond donors (Lipinski definition) is 3. The van der Waals surface area contributed by atoms with Crippen molar-refractivity contribution in [1.29, 1.82) is 0 Å². The maximum Gasteiger partial charge on any atom is 0.201 e. The predicted molar refractivity (Wildman–Crippen MR) is 66.9 cm³/mol. The average molecular weight is 217 g/mol. The molecule has 0 radical (unpaired) electrons. The Hall–Kier alpha value is 0.0969. The molecule has 0 heterocycles. The zero-order valence-electron chi connectivity index (χ0n) is 10.6. The fraction of sp³-hybridized carbons (Fsp3) is 1.00. The summed E-state index contributed by atoms with van der Waals surface area (Å²) in [4.78, 5) is 7.14. The topological polar surface area (TPSA) is 36.1 Å². The zero-order chi connectivity index (χ0) is 11.2. The van der Waals surface area contributed by atoms with Gasteiger partial charge in [0.25, 0.3) is 0 Å². The number of nitrogens with one attached hydrogen (secondary N) is 3. The van der Waals surface area contributed by atoms with Gasteiger partial charge in [0.1, 0.15) is 0 Å². The molecule has 0 rings (SSSR count). The first kappa shape index (κ1) is 14.1. The highest BCUT2D eigenvalue weighted by Gasteiger charge is 2.21. The van der Waals surface area contributed by atoms with Crippen LogP contribution in [0.3, 0.4) is 0 Å². The number of hydrogen-bond acceptors (Lipinski definition) is 3. The lowest BCUT2D eigenvalue weighted by molar-refractivity contribution is 0.412. The summed E-state index contributed by atoms with van der Waals surface area (Å²) in [6, 6.07) is 0. The quantitative estimate of drug-likeness (QED) is 0.575. The van der Waals surface area contributed by atoms with E-state index >= 15 is 0 Å². The van der Waals surface area contributed by atoms with E-state index in [-0.39, 0.29) is 5.54 Å². The molecule has 0 aromatic heterocycles. The molecule has 3 nitrogen and oxygen atoms in total. The van der Waals surface area contributed by atoms with Gasteiger partial charge in [-0.1, -0.05) is 20.8 Å². The molecule has 0 spiro atoms. The molecule has 1 atom stereocenters. The van der Waals surface area contributed by atoms with Gasteiger partial charge < -0.3 is 15.3 Å². The third-order valence-corrected chi connectivity index (χ3v) is 4.87. The third-order valence-electron chi connectivity index (χ3n) is 2.01. The Balaban J connectivity index is 4.06. The van der Waals surface area contributed by atoms with Crippen molar-refractivity contribution in [3.63, 3.8) is 0 Å². The second-order valence-electron chi connectivity index (χ2n) is 4.78. The van der Waals surface area contributed by atoms with Crippen LogP contribution in [-0.4, -0.2) is 33.4 Å². The van der Waals surface area contributed by atoms with Crippen LogP contribution >= 0.6 is 0 Å². The second kappa shape index (κ2) is 6.56. The summed E-state index contributed by atoms with van der Waals surface area (Å²) in [5, 5.41) is 3.63. The van der Waals surface area contributed by atoms with Crippen molar-refractivity contribution >= 4 is 9.12 Å². The van der Waals surface area contributed by atoms with Crippen LogP contribution in [0, 0.1) is 0 Å². The van der Waals surface area contributed by atoms with Gasteiger partial charge in [-0.25, -0.2) is 0 Å². The highest BCUT2D eigenvalue weighted by atomic mass is 28.3. The number of rotatable bonds is 6. The molecule has 86 valence electrons. The van der Waals surface area contributed by atoms with Gasteiger partial charge in [-0.3, -0.25) is 0 Å². The molecule has 0 fully saturated rings. The predicted octanol–water partition coefficient (Wildman–Crippen LogP) is 0.742. The fourth-order valence-corrected chi connectivity index (χ4v) is 4.03. The maximum atomic E-state index is 3.63. The van der Waals surface area contributed by atoms with Crippen molar-refractivity contribution in [3.8, 4) is 0 Å². The van der Waals surface area contributed by atoms with Crippen molar-refractivity contribution in [2.45, 2.75) is 52.7 Å². The lowest BCUT2D eigenvalue weighted by atomic mass is 10.1. The molecule has 0 aliphatic heterocycles. The molecule has 0 aliphatic rings. The SMILES string of the molecule is CCN[SiH](NCC)C(C)NC(C)(C)C. The van der Waals surface area contributed by atoms with E-state index in [0.29, 0.717) is 5.67 Å². The molecule has 3 N–H and O–H groups in total. The Morgan fingerprint density at radius 2 is 1.50 bits per heavy atom. The van der Waals surface area contributed by atoms with E-state index < -0.39 is 9.12 Å². The molecule has 0 saturated carbocycles. The van der Waals surface area contributed by atoms with Crippen molar-refractivity contribution in [1.82, 2.24) is 15.3 Å². The summed E-state index contributed by atoms with van der Waals surface area (Å²) in [5.41, 5.74) is 0.769. The fourth-order valence-electron chi connectivity index (χ4n) is 1.63. The molecule has 0 aromatic rings. The summed E-state index contributed by atoms with van der Waals surface area (Å²) in [7, 11) is -1.04. The van der Waals surface area contributed by atoms with Gasteiger partial charge in [0, 0.05) is 11.2 Å². The molecule has 0 bridgehead atoms. The Bertz CT molecular complexity index is 139. The highest BCUT2D eigenvalue weighted by Crippen LogP contribution is 2.01. The van der Waals surface area contributed by atoms with E-state index in [1.54, 1.807) is 0 Å². The molecule has 0 aliphatic carbocycles. The minimum Gasteiger partial charge on any atom is -0.327 e. The van der Waals surface area contributed by atoms with Crippen LogP contribution in [-0.2, 0) is 0 Å². The molecular formula is C10H27N3Si. The van der Waals surface area contributed by atoms with Crippen molar-refractivity contribution < 1.29 is 0 Å². The van der Waals surface area contributed by atoms with E-state index in [2.05, 4.69) is 56.8 Å². The van der Waals surface area contributed by atoms with Gasteiger partial charge >= 0.3 is 0 Å². The van der Waals surface area contributed by atoms with Crippen molar-refractivity contribution in [2.75, 3.05) is 13.1 Å². The smallest absolute Gasteiger partial charge is 0.201 e. The van der Waals surface area contributed by atoms with E-state index in [4.69, 9.17) is 0 Å². The Morgan fingerprint density at radius 3 is 1.79 bits per heavy atom. The molecule has 0 amide bonds. The highest BCUT2D eigenvalue weighted by molar-refractivity contribution is 6.55. The maximum absolute atomic E-state index is 3.63. The molecule has 14 heavy (non-hydrogen) atoms. The first-order chi connectivity index (χ1) is 6.40.